The summed E-state index contributed by atoms with van der Waals surface area (Å²) in [5, 5.41) is 21.8. The Labute approximate surface area is 276 Å². The zero-order chi connectivity index (χ0) is 30.1. The summed E-state index contributed by atoms with van der Waals surface area (Å²) in [5.74, 6) is 0. The first-order chi connectivity index (χ1) is 21.9. The Balaban J connectivity index is 1.20. The van der Waals surface area contributed by atoms with Crippen LogP contribution in [0.3, 0.4) is 0 Å². The van der Waals surface area contributed by atoms with E-state index in [-0.39, 0.29) is 29.9 Å². The molecule has 4 aromatic carbocycles. The fourth-order valence-electron chi connectivity index (χ4n) is 5.08. The van der Waals surface area contributed by atoms with Crippen LogP contribution < -0.4 is 49.7 Å². The number of hydrogen-bond acceptors (Lipinski definition) is 6. The third kappa shape index (κ3) is 10.9. The molecule has 0 fully saturated rings. The maximum absolute atomic E-state index is 3.66. The van der Waals surface area contributed by atoms with E-state index in [0.29, 0.717) is 0 Å². The van der Waals surface area contributed by atoms with Crippen molar-refractivity contribution in [3.8, 4) is 0 Å². The predicted octanol–water partition coefficient (Wildman–Crippen LogP) is 0.248. The quantitative estimate of drug-likeness (QED) is 0.147. The van der Waals surface area contributed by atoms with Crippen LogP contribution >= 0.6 is 0 Å². The summed E-state index contributed by atoms with van der Waals surface area (Å²) in [6.45, 7) is 11.3. The van der Waals surface area contributed by atoms with E-state index in [4.69, 9.17) is 0 Å². The van der Waals surface area contributed by atoms with Gasteiger partial charge in [0.25, 0.3) is 0 Å². The average molecular weight is 721 g/mol. The van der Waals surface area contributed by atoms with Gasteiger partial charge in [0.1, 0.15) is 0 Å². The molecule has 1 aliphatic rings. The van der Waals surface area contributed by atoms with Crippen molar-refractivity contribution >= 4 is 47.8 Å². The number of hydrogen-bond donors (Lipinski definition) is 6. The summed E-state index contributed by atoms with van der Waals surface area (Å²) < 4.78 is 5.85. The summed E-state index contributed by atoms with van der Waals surface area (Å²) in [6.07, 6.45) is 0. The Bertz CT molecular complexity index is 1200. The standard InChI is InChI=1S/C36H46N6Se2/c1-5-13-33-29(9-1)25-39-21-17-37-18-22-41-27-31-11-3-7-15-35(31)44-36-16-8-4-12-32(36)28-42-24-20-38-19-23-40-26-30-10-2-6-14-34(30)43-33/h1-16,37-42H,17-28H2. The van der Waals surface area contributed by atoms with Gasteiger partial charge in [-0.05, 0) is 0 Å². The molecule has 0 spiro atoms. The molecule has 0 saturated carbocycles. The molecule has 0 radical (unpaired) electrons. The molecular formula is C36H46N6Se2. The van der Waals surface area contributed by atoms with Gasteiger partial charge in [0.15, 0.2) is 0 Å². The molecule has 1 aliphatic heterocycles. The minimum atomic E-state index is 0.269. The molecule has 5 rings (SSSR count). The summed E-state index contributed by atoms with van der Waals surface area (Å²) in [5.41, 5.74) is 5.63. The Morgan fingerprint density at radius 2 is 0.523 bits per heavy atom. The molecule has 8 heteroatoms. The molecule has 0 atom stereocenters. The molecule has 0 aromatic heterocycles. The van der Waals surface area contributed by atoms with E-state index in [1.165, 1.54) is 40.1 Å². The van der Waals surface area contributed by atoms with E-state index in [2.05, 4.69) is 129 Å². The summed E-state index contributed by atoms with van der Waals surface area (Å²) in [6, 6.07) is 35.7. The van der Waals surface area contributed by atoms with Gasteiger partial charge in [-0.2, -0.15) is 0 Å². The third-order valence-corrected chi connectivity index (χ3v) is 12.7. The van der Waals surface area contributed by atoms with Crippen LogP contribution in [0.25, 0.3) is 0 Å². The van der Waals surface area contributed by atoms with Crippen LogP contribution in [-0.4, -0.2) is 82.3 Å². The van der Waals surface area contributed by atoms with E-state index >= 15 is 0 Å². The summed E-state index contributed by atoms with van der Waals surface area (Å²) >= 11 is 0.538. The van der Waals surface area contributed by atoms with Crippen molar-refractivity contribution in [3.63, 3.8) is 0 Å². The number of fused-ring (bicyclic) bond motifs is 4. The summed E-state index contributed by atoms with van der Waals surface area (Å²) in [4.78, 5) is 0. The van der Waals surface area contributed by atoms with Gasteiger partial charge < -0.3 is 0 Å². The Morgan fingerprint density at radius 3 is 0.795 bits per heavy atom. The van der Waals surface area contributed by atoms with Gasteiger partial charge in [-0.3, -0.25) is 0 Å². The second kappa shape index (κ2) is 19.3. The van der Waals surface area contributed by atoms with E-state index in [0.717, 1.165) is 78.5 Å². The topological polar surface area (TPSA) is 72.2 Å². The van der Waals surface area contributed by atoms with Crippen LogP contribution in [0.1, 0.15) is 22.3 Å². The average Bonchev–Trinajstić information content (AvgIpc) is 3.05. The van der Waals surface area contributed by atoms with Gasteiger partial charge in [0, 0.05) is 0 Å². The van der Waals surface area contributed by atoms with Crippen molar-refractivity contribution in [1.29, 1.82) is 0 Å². The van der Waals surface area contributed by atoms with Gasteiger partial charge in [-0.15, -0.1) is 0 Å². The number of nitrogens with one attached hydrogen (secondary N) is 6. The van der Waals surface area contributed by atoms with Crippen LogP contribution in [0, 0.1) is 0 Å². The van der Waals surface area contributed by atoms with Gasteiger partial charge >= 0.3 is 278 Å². The molecule has 0 saturated heterocycles. The maximum atomic E-state index is 3.66. The Morgan fingerprint density at radius 1 is 0.295 bits per heavy atom. The van der Waals surface area contributed by atoms with Crippen molar-refractivity contribution in [1.82, 2.24) is 31.9 Å². The molecule has 0 unspecified atom stereocenters. The van der Waals surface area contributed by atoms with Crippen molar-refractivity contribution in [2.24, 2.45) is 0 Å². The minimum absolute atomic E-state index is 0.269. The Hall–Kier alpha value is -2.32. The zero-order valence-corrected chi connectivity index (χ0v) is 29.0. The fourth-order valence-corrected chi connectivity index (χ4v) is 9.59. The molecule has 0 aliphatic carbocycles. The number of rotatable bonds is 0. The van der Waals surface area contributed by atoms with E-state index < -0.39 is 0 Å². The zero-order valence-electron chi connectivity index (χ0n) is 25.5. The van der Waals surface area contributed by atoms with E-state index in [1.807, 2.05) is 0 Å². The van der Waals surface area contributed by atoms with Crippen molar-refractivity contribution in [2.75, 3.05) is 52.4 Å². The first kappa shape index (κ1) is 33.1. The molecule has 4 aromatic rings. The first-order valence-electron chi connectivity index (χ1n) is 15.8. The van der Waals surface area contributed by atoms with Crippen molar-refractivity contribution in [2.45, 2.75) is 26.2 Å². The van der Waals surface area contributed by atoms with Gasteiger partial charge in [0.2, 0.25) is 0 Å². The Kier molecular flexibility index (Phi) is 14.5. The van der Waals surface area contributed by atoms with Crippen molar-refractivity contribution in [3.05, 3.63) is 119 Å². The normalized spacial score (nSPS) is 17.1. The van der Waals surface area contributed by atoms with Gasteiger partial charge in [-0.25, -0.2) is 0 Å². The third-order valence-electron chi connectivity index (χ3n) is 7.51. The molecule has 0 amide bonds. The van der Waals surface area contributed by atoms with Crippen LogP contribution in [-0.2, 0) is 26.2 Å². The van der Waals surface area contributed by atoms with Gasteiger partial charge in [0.05, 0.1) is 0 Å². The summed E-state index contributed by atoms with van der Waals surface area (Å²) in [7, 11) is 0. The molecule has 232 valence electrons. The first-order valence-corrected chi connectivity index (χ1v) is 19.2. The molecule has 1 heterocycles. The van der Waals surface area contributed by atoms with Crippen LogP contribution in [0.5, 0.6) is 0 Å². The van der Waals surface area contributed by atoms with Gasteiger partial charge in [-0.1, -0.05) is 0 Å². The number of benzene rings is 4. The monoisotopic (exact) mass is 722 g/mol. The SMILES string of the molecule is c1ccc2c(c1)CNCCNCCNCc1ccccc1[Se]c1ccccc1CNCCNCCNCc1ccccc1[Se]2. The van der Waals surface area contributed by atoms with E-state index in [1.54, 1.807) is 0 Å². The van der Waals surface area contributed by atoms with Crippen LogP contribution in [0.15, 0.2) is 97.1 Å². The predicted molar refractivity (Wildman–Crippen MR) is 188 cm³/mol. The second-order valence-corrected chi connectivity index (χ2v) is 15.4. The molecule has 6 N–H and O–H groups in total. The van der Waals surface area contributed by atoms with Crippen molar-refractivity contribution < 1.29 is 0 Å². The molecule has 6 nitrogen and oxygen atoms in total. The van der Waals surface area contributed by atoms with Crippen LogP contribution in [0.4, 0.5) is 0 Å². The van der Waals surface area contributed by atoms with E-state index in [9.17, 15) is 0 Å². The molecular weight excluding hydrogens is 674 g/mol. The molecule has 44 heavy (non-hydrogen) atoms. The van der Waals surface area contributed by atoms with Crippen LogP contribution in [0.2, 0.25) is 0 Å². The fraction of sp³-hybridized carbons (Fsp3) is 0.333. The second-order valence-electron chi connectivity index (χ2n) is 10.8. The molecule has 0 bridgehead atoms.